The largest absolute Gasteiger partial charge is 0.348 e. The van der Waals surface area contributed by atoms with Gasteiger partial charge in [-0.2, -0.15) is 0 Å². The van der Waals surface area contributed by atoms with Gasteiger partial charge in [0.15, 0.2) is 11.5 Å². The highest BCUT2D eigenvalue weighted by Gasteiger charge is 2.27. The average Bonchev–Trinajstić information content (AvgIpc) is 2.84. The minimum Gasteiger partial charge on any atom is -0.348 e. The Labute approximate surface area is 204 Å². The molecule has 0 saturated carbocycles. The Morgan fingerprint density at radius 2 is 1.66 bits per heavy atom. The van der Waals surface area contributed by atoms with Crippen LogP contribution in [-0.2, 0) is 0 Å². The number of likely N-dealkylation sites (tertiary alicyclic amines) is 1. The van der Waals surface area contributed by atoms with Gasteiger partial charge >= 0.3 is 0 Å². The monoisotopic (exact) mass is 499 g/mol. The van der Waals surface area contributed by atoms with Gasteiger partial charge < -0.3 is 15.5 Å². The second-order valence-electron chi connectivity index (χ2n) is 7.85. The summed E-state index contributed by atoms with van der Waals surface area (Å²) in [5.41, 5.74) is -0.133. The minimum atomic E-state index is -1.05. The van der Waals surface area contributed by atoms with E-state index >= 15 is 0 Å². The SMILES string of the molecule is O=C(Nc1nccnc1C(=O)NC1CCN(C(=O)c2ccccc2Cl)CC1)c1ccc(F)cc1F. The van der Waals surface area contributed by atoms with E-state index in [0.717, 1.165) is 12.1 Å². The number of carbonyl (C=O) groups is 3. The smallest absolute Gasteiger partial charge is 0.273 e. The van der Waals surface area contributed by atoms with Crippen molar-refractivity contribution in [3.63, 3.8) is 0 Å². The Morgan fingerprint density at radius 3 is 2.37 bits per heavy atom. The lowest BCUT2D eigenvalue weighted by Gasteiger charge is -2.32. The fraction of sp³-hybridized carbons (Fsp3) is 0.208. The lowest BCUT2D eigenvalue weighted by atomic mass is 10.0. The summed E-state index contributed by atoms with van der Waals surface area (Å²) in [6.07, 6.45) is 3.56. The third-order valence-corrected chi connectivity index (χ3v) is 5.87. The summed E-state index contributed by atoms with van der Waals surface area (Å²) < 4.78 is 27.1. The van der Waals surface area contributed by atoms with E-state index in [1.807, 2.05) is 0 Å². The molecule has 8 nitrogen and oxygen atoms in total. The Bertz CT molecular complexity index is 1280. The molecule has 1 aliphatic heterocycles. The fourth-order valence-corrected chi connectivity index (χ4v) is 3.95. The lowest BCUT2D eigenvalue weighted by molar-refractivity contribution is 0.0697. The molecule has 3 amide bonds. The molecular weight excluding hydrogens is 480 g/mol. The molecule has 0 aliphatic carbocycles. The zero-order valence-electron chi connectivity index (χ0n) is 18.3. The number of nitrogens with one attached hydrogen (secondary N) is 2. The quantitative estimate of drug-likeness (QED) is 0.557. The number of carbonyl (C=O) groups excluding carboxylic acids is 3. The van der Waals surface area contributed by atoms with Gasteiger partial charge in [0.05, 0.1) is 16.1 Å². The first kappa shape index (κ1) is 24.2. The first-order valence-corrected chi connectivity index (χ1v) is 11.1. The van der Waals surface area contributed by atoms with Crippen LogP contribution in [0.25, 0.3) is 0 Å². The molecule has 1 fully saturated rings. The van der Waals surface area contributed by atoms with E-state index in [9.17, 15) is 23.2 Å². The predicted octanol–water partition coefficient (Wildman–Crippen LogP) is 3.70. The van der Waals surface area contributed by atoms with Crippen LogP contribution in [0.15, 0.2) is 54.9 Å². The second-order valence-corrected chi connectivity index (χ2v) is 8.26. The predicted molar refractivity (Wildman–Crippen MR) is 124 cm³/mol. The Balaban J connectivity index is 1.38. The van der Waals surface area contributed by atoms with E-state index in [1.165, 1.54) is 12.4 Å². The Hall–Kier alpha value is -3.92. The van der Waals surface area contributed by atoms with E-state index in [4.69, 9.17) is 11.6 Å². The topological polar surface area (TPSA) is 104 Å². The number of rotatable bonds is 5. The van der Waals surface area contributed by atoms with Crippen LogP contribution in [-0.4, -0.2) is 51.7 Å². The average molecular weight is 500 g/mol. The van der Waals surface area contributed by atoms with Gasteiger partial charge in [0.2, 0.25) is 0 Å². The number of piperidine rings is 1. The summed E-state index contributed by atoms with van der Waals surface area (Å²) in [6.45, 7) is 0.839. The molecule has 0 bridgehead atoms. The molecular formula is C24H20ClF2N5O3. The van der Waals surface area contributed by atoms with Crippen molar-refractivity contribution in [2.75, 3.05) is 18.4 Å². The molecule has 0 spiro atoms. The summed E-state index contributed by atoms with van der Waals surface area (Å²) in [4.78, 5) is 47.7. The number of amides is 3. The fourth-order valence-electron chi connectivity index (χ4n) is 3.73. The van der Waals surface area contributed by atoms with Crippen molar-refractivity contribution in [2.24, 2.45) is 0 Å². The number of hydrogen-bond acceptors (Lipinski definition) is 5. The maximum absolute atomic E-state index is 13.9. The molecule has 2 aromatic carbocycles. The maximum Gasteiger partial charge on any atom is 0.273 e. The van der Waals surface area contributed by atoms with Crippen molar-refractivity contribution in [1.82, 2.24) is 20.2 Å². The van der Waals surface area contributed by atoms with Crippen LogP contribution in [0.5, 0.6) is 0 Å². The van der Waals surface area contributed by atoms with E-state index in [2.05, 4.69) is 20.6 Å². The molecule has 1 saturated heterocycles. The maximum atomic E-state index is 13.9. The summed E-state index contributed by atoms with van der Waals surface area (Å²) in [7, 11) is 0. The van der Waals surface area contributed by atoms with Gasteiger partial charge in [-0.15, -0.1) is 0 Å². The first-order valence-electron chi connectivity index (χ1n) is 10.8. The summed E-state index contributed by atoms with van der Waals surface area (Å²) in [6, 6.07) is 9.11. The Kier molecular flexibility index (Phi) is 7.31. The molecule has 2 heterocycles. The van der Waals surface area contributed by atoms with Crippen LogP contribution >= 0.6 is 11.6 Å². The number of halogens is 3. The van der Waals surface area contributed by atoms with Gasteiger partial charge in [-0.25, -0.2) is 18.7 Å². The minimum absolute atomic E-state index is 0.155. The van der Waals surface area contributed by atoms with Crippen LogP contribution < -0.4 is 10.6 Å². The molecule has 3 aromatic rings. The van der Waals surface area contributed by atoms with E-state index in [1.54, 1.807) is 29.2 Å². The van der Waals surface area contributed by atoms with Crippen molar-refractivity contribution in [2.45, 2.75) is 18.9 Å². The third-order valence-electron chi connectivity index (χ3n) is 5.54. The molecule has 0 unspecified atom stereocenters. The summed E-state index contributed by atoms with van der Waals surface area (Å²) >= 11 is 6.12. The van der Waals surface area contributed by atoms with Crippen LogP contribution in [0.4, 0.5) is 14.6 Å². The van der Waals surface area contributed by atoms with Crippen molar-refractivity contribution < 1.29 is 23.2 Å². The molecule has 35 heavy (non-hydrogen) atoms. The van der Waals surface area contributed by atoms with Crippen LogP contribution in [0.1, 0.15) is 44.0 Å². The van der Waals surface area contributed by atoms with Gasteiger partial charge in [-0.05, 0) is 37.1 Å². The number of aromatic nitrogens is 2. The van der Waals surface area contributed by atoms with E-state index in [0.29, 0.717) is 42.6 Å². The van der Waals surface area contributed by atoms with Crippen molar-refractivity contribution in [1.29, 1.82) is 0 Å². The van der Waals surface area contributed by atoms with Crippen LogP contribution in [0.2, 0.25) is 5.02 Å². The third kappa shape index (κ3) is 5.60. The molecule has 11 heteroatoms. The van der Waals surface area contributed by atoms with Gasteiger partial charge in [-0.3, -0.25) is 14.4 Å². The van der Waals surface area contributed by atoms with Crippen molar-refractivity contribution >= 4 is 35.1 Å². The van der Waals surface area contributed by atoms with Gasteiger partial charge in [0.1, 0.15) is 11.6 Å². The number of hydrogen-bond donors (Lipinski definition) is 2. The van der Waals surface area contributed by atoms with Gasteiger partial charge in [0.25, 0.3) is 17.7 Å². The van der Waals surface area contributed by atoms with Gasteiger partial charge in [0, 0.05) is 37.6 Å². The number of nitrogens with zero attached hydrogens (tertiary/aromatic N) is 3. The van der Waals surface area contributed by atoms with Crippen LogP contribution in [0, 0.1) is 11.6 Å². The highest BCUT2D eigenvalue weighted by Crippen LogP contribution is 2.21. The molecule has 1 aromatic heterocycles. The lowest BCUT2D eigenvalue weighted by Crippen LogP contribution is -2.46. The molecule has 4 rings (SSSR count). The standard InChI is InChI=1S/C24H20ClF2N5O3/c25-18-4-2-1-3-16(18)24(35)32-11-7-15(8-12-32)30-23(34)20-21(29-10-9-28-20)31-22(33)17-6-5-14(26)13-19(17)27/h1-6,9-10,13,15H,7-8,11-12H2,(H,30,34)(H,29,31,33). The molecule has 0 atom stereocenters. The first-order chi connectivity index (χ1) is 16.8. The molecule has 2 N–H and O–H groups in total. The second kappa shape index (κ2) is 10.6. The summed E-state index contributed by atoms with van der Waals surface area (Å²) in [5, 5.41) is 5.57. The Morgan fingerprint density at radius 1 is 0.943 bits per heavy atom. The zero-order chi connectivity index (χ0) is 24.9. The van der Waals surface area contributed by atoms with Crippen molar-refractivity contribution in [3.8, 4) is 0 Å². The van der Waals surface area contributed by atoms with Crippen LogP contribution in [0.3, 0.4) is 0 Å². The van der Waals surface area contributed by atoms with E-state index < -0.39 is 29.0 Å². The van der Waals surface area contributed by atoms with Gasteiger partial charge in [-0.1, -0.05) is 23.7 Å². The highest BCUT2D eigenvalue weighted by molar-refractivity contribution is 6.33. The number of benzene rings is 2. The molecule has 1 aliphatic rings. The zero-order valence-corrected chi connectivity index (χ0v) is 19.1. The number of anilines is 1. The van der Waals surface area contributed by atoms with Crippen molar-refractivity contribution in [3.05, 3.63) is 88.3 Å². The molecule has 180 valence electrons. The molecule has 0 radical (unpaired) electrons. The van der Waals surface area contributed by atoms with E-state index in [-0.39, 0.29) is 23.5 Å². The summed E-state index contributed by atoms with van der Waals surface area (Å²) in [5.74, 6) is -3.68. The normalized spacial score (nSPS) is 13.9. The highest BCUT2D eigenvalue weighted by atomic mass is 35.5.